The molecule has 0 unspecified atom stereocenters. The summed E-state index contributed by atoms with van der Waals surface area (Å²) in [5, 5.41) is 9.48. The first-order valence-electron chi connectivity index (χ1n) is 6.12. The highest BCUT2D eigenvalue weighted by atomic mass is 32.1. The van der Waals surface area contributed by atoms with Gasteiger partial charge in [-0.15, -0.1) is 11.3 Å². The molecule has 3 heterocycles. The highest BCUT2D eigenvalue weighted by Crippen LogP contribution is 2.34. The van der Waals surface area contributed by atoms with Gasteiger partial charge in [0.25, 0.3) is 0 Å². The van der Waals surface area contributed by atoms with Crippen molar-refractivity contribution >= 4 is 17.0 Å². The van der Waals surface area contributed by atoms with Crippen molar-refractivity contribution in [3.8, 4) is 10.7 Å². The van der Waals surface area contributed by atoms with E-state index in [9.17, 15) is 0 Å². The summed E-state index contributed by atoms with van der Waals surface area (Å²) in [6.45, 7) is 0. The van der Waals surface area contributed by atoms with E-state index < -0.39 is 0 Å². The second-order valence-electron chi connectivity index (χ2n) is 4.49. The van der Waals surface area contributed by atoms with Crippen molar-refractivity contribution in [1.29, 1.82) is 0 Å². The Bertz CT molecular complexity index is 680. The third kappa shape index (κ3) is 1.82. The molecule has 1 atom stereocenters. The Kier molecular flexibility index (Phi) is 2.38. The average Bonchev–Trinajstić information content (AvgIpc) is 3.17. The van der Waals surface area contributed by atoms with Crippen LogP contribution in [0.5, 0.6) is 0 Å². The van der Waals surface area contributed by atoms with Gasteiger partial charge in [0.15, 0.2) is 0 Å². The molecule has 4 nitrogen and oxygen atoms in total. The minimum Gasteiger partial charge on any atom is -0.373 e. The number of benzene rings is 1. The van der Waals surface area contributed by atoms with E-state index in [0.29, 0.717) is 11.7 Å². The molecule has 5 heteroatoms. The topological polar surface area (TPSA) is 51.0 Å². The van der Waals surface area contributed by atoms with Gasteiger partial charge in [0.2, 0.25) is 11.7 Å². The number of hydrogen-bond acceptors (Lipinski definition) is 5. The van der Waals surface area contributed by atoms with Crippen LogP contribution in [0.25, 0.3) is 10.7 Å². The lowest BCUT2D eigenvalue weighted by Crippen LogP contribution is -2.05. The molecule has 94 valence electrons. The fraction of sp³-hybridized carbons (Fsp3) is 0.143. The third-order valence-corrected chi connectivity index (χ3v) is 4.12. The molecule has 0 saturated carbocycles. The molecule has 0 fully saturated rings. The molecule has 3 aromatic rings. The van der Waals surface area contributed by atoms with Crippen molar-refractivity contribution in [3.63, 3.8) is 0 Å². The second kappa shape index (κ2) is 4.20. The van der Waals surface area contributed by atoms with Gasteiger partial charge in [0, 0.05) is 12.1 Å². The maximum atomic E-state index is 5.39. The molecule has 0 aliphatic carbocycles. The largest absolute Gasteiger partial charge is 0.373 e. The predicted molar refractivity (Wildman–Crippen MR) is 74.1 cm³/mol. The zero-order chi connectivity index (χ0) is 12.7. The first kappa shape index (κ1) is 10.8. The van der Waals surface area contributed by atoms with Crippen molar-refractivity contribution in [2.24, 2.45) is 0 Å². The number of rotatable bonds is 2. The Balaban J connectivity index is 1.62. The molecule has 0 radical (unpaired) electrons. The molecule has 19 heavy (non-hydrogen) atoms. The molecule has 2 aromatic heterocycles. The third-order valence-electron chi connectivity index (χ3n) is 3.25. The van der Waals surface area contributed by atoms with Crippen molar-refractivity contribution in [1.82, 2.24) is 10.1 Å². The zero-order valence-electron chi connectivity index (χ0n) is 10.0. The van der Waals surface area contributed by atoms with Crippen LogP contribution < -0.4 is 5.32 Å². The highest BCUT2D eigenvalue weighted by molar-refractivity contribution is 7.13. The number of fused-ring (bicyclic) bond motifs is 1. The van der Waals surface area contributed by atoms with Crippen LogP contribution in [-0.2, 0) is 6.42 Å². The van der Waals surface area contributed by atoms with Gasteiger partial charge in [-0.3, -0.25) is 0 Å². The van der Waals surface area contributed by atoms with Crippen molar-refractivity contribution in [2.45, 2.75) is 12.5 Å². The van der Waals surface area contributed by atoms with E-state index in [2.05, 4.69) is 27.6 Å². The number of hydrogen-bond donors (Lipinski definition) is 1. The van der Waals surface area contributed by atoms with Gasteiger partial charge in [0.1, 0.15) is 6.04 Å². The van der Waals surface area contributed by atoms with Gasteiger partial charge in [0.05, 0.1) is 4.88 Å². The summed E-state index contributed by atoms with van der Waals surface area (Å²) < 4.78 is 5.39. The summed E-state index contributed by atoms with van der Waals surface area (Å²) in [7, 11) is 0. The van der Waals surface area contributed by atoms with Gasteiger partial charge in [-0.25, -0.2) is 0 Å². The van der Waals surface area contributed by atoms with Crippen molar-refractivity contribution in [2.75, 3.05) is 5.32 Å². The van der Waals surface area contributed by atoms with E-state index in [1.54, 1.807) is 11.3 Å². The second-order valence-corrected chi connectivity index (χ2v) is 5.44. The van der Waals surface area contributed by atoms with Crippen LogP contribution in [0.4, 0.5) is 5.69 Å². The summed E-state index contributed by atoms with van der Waals surface area (Å²) in [6.07, 6.45) is 0.891. The van der Waals surface area contributed by atoms with Crippen molar-refractivity contribution < 1.29 is 4.52 Å². The van der Waals surface area contributed by atoms with E-state index >= 15 is 0 Å². The molecule has 1 aliphatic rings. The Morgan fingerprint density at radius 3 is 3.00 bits per heavy atom. The molecule has 1 N–H and O–H groups in total. The van der Waals surface area contributed by atoms with E-state index in [1.165, 1.54) is 5.56 Å². The van der Waals surface area contributed by atoms with Gasteiger partial charge in [-0.1, -0.05) is 29.4 Å². The summed E-state index contributed by atoms with van der Waals surface area (Å²) in [4.78, 5) is 5.52. The van der Waals surface area contributed by atoms with Gasteiger partial charge >= 0.3 is 0 Å². The predicted octanol–water partition coefficient (Wildman–Crippen LogP) is 3.51. The molecular weight excluding hydrogens is 258 g/mol. The number of nitrogens with one attached hydrogen (secondary N) is 1. The minimum absolute atomic E-state index is 0.0820. The standard InChI is InChI=1S/C14H11N3OS/c1-2-5-10-9(4-1)8-11(15-10)14-16-13(17-18-14)12-6-3-7-19-12/h1-7,11,15H,8H2/t11-/m0/s1. The monoisotopic (exact) mass is 269 g/mol. The molecule has 0 saturated heterocycles. The SMILES string of the molecule is c1csc(-c2noc([C@@H]3Cc4ccccc4N3)n2)c1. The summed E-state index contributed by atoms with van der Waals surface area (Å²) in [5.74, 6) is 1.32. The van der Waals surface area contributed by atoms with Crippen molar-refractivity contribution in [3.05, 3.63) is 53.2 Å². The lowest BCUT2D eigenvalue weighted by Gasteiger charge is -2.04. The zero-order valence-corrected chi connectivity index (χ0v) is 10.9. The fourth-order valence-corrected chi connectivity index (χ4v) is 2.98. The first-order valence-corrected chi connectivity index (χ1v) is 7.00. The van der Waals surface area contributed by atoms with Crippen LogP contribution in [-0.4, -0.2) is 10.1 Å². The lowest BCUT2D eigenvalue weighted by molar-refractivity contribution is 0.364. The number of para-hydroxylation sites is 1. The summed E-state index contributed by atoms with van der Waals surface area (Å²) >= 11 is 1.61. The van der Waals surface area contributed by atoms with E-state index in [1.807, 2.05) is 29.6 Å². The maximum absolute atomic E-state index is 5.39. The van der Waals surface area contributed by atoms with Crippen LogP contribution in [0, 0.1) is 0 Å². The lowest BCUT2D eigenvalue weighted by atomic mass is 10.1. The van der Waals surface area contributed by atoms with Crippen LogP contribution in [0.1, 0.15) is 17.5 Å². The molecule has 0 bridgehead atoms. The summed E-state index contributed by atoms with van der Waals surface area (Å²) in [6, 6.07) is 12.3. The normalized spacial score (nSPS) is 17.2. The number of thiophene rings is 1. The Hall–Kier alpha value is -2.14. The van der Waals surface area contributed by atoms with Crippen LogP contribution in [0.2, 0.25) is 0 Å². The van der Waals surface area contributed by atoms with E-state index in [-0.39, 0.29) is 6.04 Å². The molecule has 4 rings (SSSR count). The van der Waals surface area contributed by atoms with E-state index in [0.717, 1.165) is 17.0 Å². The molecular formula is C14H11N3OS. The number of aromatic nitrogens is 2. The highest BCUT2D eigenvalue weighted by Gasteiger charge is 2.26. The maximum Gasteiger partial charge on any atom is 0.249 e. The Morgan fingerprint density at radius 2 is 2.16 bits per heavy atom. The van der Waals surface area contributed by atoms with E-state index in [4.69, 9.17) is 4.52 Å². The quantitative estimate of drug-likeness (QED) is 0.773. The number of anilines is 1. The average molecular weight is 269 g/mol. The van der Waals surface area contributed by atoms with Crippen LogP contribution >= 0.6 is 11.3 Å². The fourth-order valence-electron chi connectivity index (χ4n) is 2.33. The van der Waals surface area contributed by atoms with Gasteiger partial charge in [-0.05, 0) is 23.1 Å². The summed E-state index contributed by atoms with van der Waals surface area (Å²) in [5.41, 5.74) is 2.45. The van der Waals surface area contributed by atoms with Gasteiger partial charge < -0.3 is 9.84 Å². The Morgan fingerprint density at radius 1 is 1.21 bits per heavy atom. The van der Waals surface area contributed by atoms with Gasteiger partial charge in [-0.2, -0.15) is 4.98 Å². The molecule has 0 amide bonds. The molecule has 1 aliphatic heterocycles. The Labute approximate surface area is 114 Å². The number of nitrogens with zero attached hydrogens (tertiary/aromatic N) is 2. The minimum atomic E-state index is 0.0820. The molecule has 1 aromatic carbocycles. The molecule has 0 spiro atoms. The smallest absolute Gasteiger partial charge is 0.249 e. The van der Waals surface area contributed by atoms with Crippen LogP contribution in [0.15, 0.2) is 46.3 Å². The van der Waals surface area contributed by atoms with Crippen LogP contribution in [0.3, 0.4) is 0 Å². The first-order chi connectivity index (χ1) is 9.40.